The number of primary amides is 1. The summed E-state index contributed by atoms with van der Waals surface area (Å²) in [4.78, 5) is 30.3. The van der Waals surface area contributed by atoms with E-state index < -0.39 is 12.1 Å². The summed E-state index contributed by atoms with van der Waals surface area (Å²) in [5.74, 6) is -0.0963. The van der Waals surface area contributed by atoms with Crippen LogP contribution in [0, 0.1) is 0 Å². The number of nitrogens with two attached hydrogens (primary N) is 1. The van der Waals surface area contributed by atoms with Crippen molar-refractivity contribution in [3.05, 3.63) is 16.1 Å². The molecule has 1 aliphatic rings. The minimum absolute atomic E-state index is 0.000921. The van der Waals surface area contributed by atoms with Crippen molar-refractivity contribution in [1.82, 2.24) is 15.2 Å². The number of urea groups is 1. The number of nitrogens with zero attached hydrogens (tertiary/aromatic N) is 2. The van der Waals surface area contributed by atoms with E-state index in [1.54, 1.807) is 18.3 Å². The minimum Gasteiger partial charge on any atom is -0.352 e. The molecule has 3 N–H and O–H groups in total. The lowest BCUT2D eigenvalue weighted by Crippen LogP contribution is -2.50. The molecule has 1 fully saturated rings. The van der Waals surface area contributed by atoms with Gasteiger partial charge in [0.1, 0.15) is 11.0 Å². The van der Waals surface area contributed by atoms with E-state index in [2.05, 4.69) is 31.5 Å². The van der Waals surface area contributed by atoms with Crippen molar-refractivity contribution in [1.29, 1.82) is 0 Å². The van der Waals surface area contributed by atoms with Crippen LogP contribution in [0.2, 0.25) is 0 Å². The summed E-state index contributed by atoms with van der Waals surface area (Å²) >= 11 is 1.61. The second kappa shape index (κ2) is 6.86. The number of aromatic nitrogens is 1. The van der Waals surface area contributed by atoms with Crippen LogP contribution in [0.15, 0.2) is 5.38 Å². The van der Waals surface area contributed by atoms with E-state index in [4.69, 9.17) is 10.7 Å². The third kappa shape index (κ3) is 4.22. The summed E-state index contributed by atoms with van der Waals surface area (Å²) in [5.41, 5.74) is 6.18. The van der Waals surface area contributed by atoms with Gasteiger partial charge in [-0.25, -0.2) is 9.78 Å². The van der Waals surface area contributed by atoms with Crippen molar-refractivity contribution in [3.8, 4) is 0 Å². The van der Waals surface area contributed by atoms with Gasteiger partial charge in [-0.2, -0.15) is 0 Å². The van der Waals surface area contributed by atoms with Gasteiger partial charge in [-0.15, -0.1) is 11.3 Å². The molecule has 2 rings (SSSR count). The summed E-state index contributed by atoms with van der Waals surface area (Å²) in [6.07, 6.45) is 2.96. The molecule has 1 aromatic rings. The second-order valence-corrected chi connectivity index (χ2v) is 7.98. The number of hydrogen-bond acceptors (Lipinski definition) is 4. The SMILES string of the molecule is C[C@@H](NC(N)=O)C(=O)N1CCCC[C@@H]1c1nc(C(C)(C)C)cs1. The molecule has 1 aromatic heterocycles. The first-order valence-electron chi connectivity index (χ1n) is 8.02. The van der Waals surface area contributed by atoms with Gasteiger partial charge in [-0.05, 0) is 26.2 Å². The highest BCUT2D eigenvalue weighted by atomic mass is 32.1. The largest absolute Gasteiger partial charge is 0.352 e. The molecule has 0 radical (unpaired) electrons. The molecule has 3 amide bonds. The number of amides is 3. The van der Waals surface area contributed by atoms with E-state index in [1.807, 2.05) is 4.90 Å². The van der Waals surface area contributed by atoms with Crippen LogP contribution in [0.25, 0.3) is 0 Å². The van der Waals surface area contributed by atoms with E-state index >= 15 is 0 Å². The third-order valence-electron chi connectivity index (χ3n) is 4.09. The second-order valence-electron chi connectivity index (χ2n) is 7.09. The predicted octanol–water partition coefficient (Wildman–Crippen LogP) is 2.55. The van der Waals surface area contributed by atoms with Crippen LogP contribution in [0.1, 0.15) is 63.7 Å². The monoisotopic (exact) mass is 338 g/mol. The quantitative estimate of drug-likeness (QED) is 0.887. The van der Waals surface area contributed by atoms with Gasteiger partial charge < -0.3 is 16.0 Å². The maximum absolute atomic E-state index is 12.7. The van der Waals surface area contributed by atoms with E-state index in [1.165, 1.54) is 0 Å². The van der Waals surface area contributed by atoms with E-state index in [-0.39, 0.29) is 17.4 Å². The van der Waals surface area contributed by atoms with Crippen LogP contribution < -0.4 is 11.1 Å². The molecule has 1 aliphatic heterocycles. The van der Waals surface area contributed by atoms with Crippen molar-refractivity contribution in [3.63, 3.8) is 0 Å². The van der Waals surface area contributed by atoms with E-state index in [0.717, 1.165) is 30.0 Å². The Labute approximate surface area is 141 Å². The Bertz CT molecular complexity index is 579. The zero-order valence-corrected chi connectivity index (χ0v) is 15.1. The zero-order valence-electron chi connectivity index (χ0n) is 14.3. The van der Waals surface area contributed by atoms with Crippen LogP contribution in [0.4, 0.5) is 4.79 Å². The fourth-order valence-electron chi connectivity index (χ4n) is 2.76. The Morgan fingerprint density at radius 1 is 1.43 bits per heavy atom. The molecule has 2 heterocycles. The van der Waals surface area contributed by atoms with Gasteiger partial charge in [0.2, 0.25) is 5.91 Å². The molecule has 0 aliphatic carbocycles. The van der Waals surface area contributed by atoms with Crippen molar-refractivity contribution in [2.45, 2.75) is 64.5 Å². The fourth-order valence-corrected chi connectivity index (χ4v) is 3.95. The summed E-state index contributed by atoms with van der Waals surface area (Å²) < 4.78 is 0. The first-order valence-corrected chi connectivity index (χ1v) is 8.90. The standard InChI is InChI=1S/C16H26N4O2S/c1-10(18-15(17)22)14(21)20-8-6-5-7-11(20)13-19-12(9-23-13)16(2,3)4/h9-11H,5-8H2,1-4H3,(H3,17,18,22)/t10-,11-/m1/s1. The summed E-state index contributed by atoms with van der Waals surface area (Å²) in [7, 11) is 0. The number of nitrogens with one attached hydrogen (secondary N) is 1. The maximum Gasteiger partial charge on any atom is 0.312 e. The molecule has 128 valence electrons. The molecule has 1 saturated heterocycles. The average molecular weight is 338 g/mol. The highest BCUT2D eigenvalue weighted by Gasteiger charge is 2.33. The minimum atomic E-state index is -0.677. The molecule has 0 bridgehead atoms. The lowest BCUT2D eigenvalue weighted by Gasteiger charge is -2.36. The van der Waals surface area contributed by atoms with Gasteiger partial charge in [0.15, 0.2) is 0 Å². The molecule has 23 heavy (non-hydrogen) atoms. The normalized spacial score (nSPS) is 20.2. The number of hydrogen-bond donors (Lipinski definition) is 2. The fraction of sp³-hybridized carbons (Fsp3) is 0.688. The van der Waals surface area contributed by atoms with Crippen molar-refractivity contribution in [2.75, 3.05) is 6.54 Å². The molecule has 7 heteroatoms. The van der Waals surface area contributed by atoms with Crippen LogP contribution in [0.3, 0.4) is 0 Å². The number of likely N-dealkylation sites (tertiary alicyclic amines) is 1. The van der Waals surface area contributed by atoms with Crippen LogP contribution in [-0.4, -0.2) is 34.4 Å². The third-order valence-corrected chi connectivity index (χ3v) is 5.04. The van der Waals surface area contributed by atoms with Crippen molar-refractivity contribution < 1.29 is 9.59 Å². The first-order chi connectivity index (χ1) is 10.7. The number of carbonyl (C=O) groups excluding carboxylic acids is 2. The van der Waals surface area contributed by atoms with Gasteiger partial charge in [0.05, 0.1) is 11.7 Å². The Hall–Kier alpha value is -1.63. The van der Waals surface area contributed by atoms with E-state index in [9.17, 15) is 9.59 Å². The predicted molar refractivity (Wildman–Crippen MR) is 91.3 cm³/mol. The molecular weight excluding hydrogens is 312 g/mol. The number of thiazole rings is 1. The lowest BCUT2D eigenvalue weighted by atomic mass is 9.93. The molecule has 6 nitrogen and oxygen atoms in total. The summed E-state index contributed by atoms with van der Waals surface area (Å²) in [5, 5.41) is 5.53. The Kier molecular flexibility index (Phi) is 5.29. The topological polar surface area (TPSA) is 88.3 Å². The number of carbonyl (C=O) groups is 2. The molecule has 0 unspecified atom stereocenters. The number of rotatable bonds is 3. The average Bonchev–Trinajstić information content (AvgIpc) is 2.95. The number of piperidine rings is 1. The van der Waals surface area contributed by atoms with Crippen LogP contribution >= 0.6 is 11.3 Å². The van der Waals surface area contributed by atoms with Gasteiger partial charge in [0, 0.05) is 17.3 Å². The molecule has 2 atom stereocenters. The maximum atomic E-state index is 12.7. The van der Waals surface area contributed by atoms with Crippen LogP contribution in [0.5, 0.6) is 0 Å². The van der Waals surface area contributed by atoms with Gasteiger partial charge >= 0.3 is 6.03 Å². The van der Waals surface area contributed by atoms with Gasteiger partial charge in [-0.3, -0.25) is 4.79 Å². The van der Waals surface area contributed by atoms with E-state index in [0.29, 0.717) is 6.54 Å². The molecule has 0 saturated carbocycles. The van der Waals surface area contributed by atoms with Crippen LogP contribution in [-0.2, 0) is 10.2 Å². The smallest absolute Gasteiger partial charge is 0.312 e. The molecular formula is C16H26N4O2S. The Morgan fingerprint density at radius 3 is 2.70 bits per heavy atom. The lowest BCUT2D eigenvalue weighted by molar-refractivity contribution is -0.136. The van der Waals surface area contributed by atoms with Gasteiger partial charge in [-0.1, -0.05) is 20.8 Å². The highest BCUT2D eigenvalue weighted by molar-refractivity contribution is 7.09. The Balaban J connectivity index is 2.20. The summed E-state index contributed by atoms with van der Waals surface area (Å²) in [6, 6.07) is -1.30. The molecule has 0 aromatic carbocycles. The van der Waals surface area contributed by atoms with Crippen molar-refractivity contribution in [2.24, 2.45) is 5.73 Å². The first kappa shape index (κ1) is 17.7. The summed E-state index contributed by atoms with van der Waals surface area (Å²) in [6.45, 7) is 8.76. The Morgan fingerprint density at radius 2 is 2.13 bits per heavy atom. The highest BCUT2D eigenvalue weighted by Crippen LogP contribution is 2.35. The van der Waals surface area contributed by atoms with Gasteiger partial charge in [0.25, 0.3) is 0 Å². The van der Waals surface area contributed by atoms with Crippen molar-refractivity contribution >= 4 is 23.3 Å². The molecule has 0 spiro atoms. The zero-order chi connectivity index (χ0) is 17.2.